The van der Waals surface area contributed by atoms with Crippen LogP contribution in [0.3, 0.4) is 0 Å². The molecule has 144 valence electrons. The highest BCUT2D eigenvalue weighted by molar-refractivity contribution is 6.11. The first-order valence-corrected chi connectivity index (χ1v) is 9.40. The second-order valence-electron chi connectivity index (χ2n) is 7.43. The summed E-state index contributed by atoms with van der Waals surface area (Å²) in [6, 6.07) is 17.6. The van der Waals surface area contributed by atoms with E-state index in [1.54, 1.807) is 23.1 Å². The largest absolute Gasteiger partial charge is 0.491 e. The highest BCUT2D eigenvalue weighted by Crippen LogP contribution is 2.55. The Hall–Kier alpha value is -3.54. The molecule has 29 heavy (non-hydrogen) atoms. The van der Waals surface area contributed by atoms with Crippen molar-refractivity contribution in [2.75, 3.05) is 18.3 Å². The van der Waals surface area contributed by atoms with Gasteiger partial charge in [-0.2, -0.15) is 0 Å². The molecule has 0 saturated carbocycles. The van der Waals surface area contributed by atoms with Crippen molar-refractivity contribution in [2.24, 2.45) is 0 Å². The number of halogens is 1. The van der Waals surface area contributed by atoms with Crippen molar-refractivity contribution in [1.29, 1.82) is 0 Å². The number of amides is 1. The molecule has 1 spiro atoms. The number of nitrogens with zero attached hydrogens (tertiary/aromatic N) is 1. The van der Waals surface area contributed by atoms with Gasteiger partial charge >= 0.3 is 0 Å². The monoisotopic (exact) mass is 389 g/mol. The van der Waals surface area contributed by atoms with Gasteiger partial charge in [0.2, 0.25) is 12.7 Å². The van der Waals surface area contributed by atoms with Gasteiger partial charge in [-0.15, -0.1) is 0 Å². The molecule has 0 fully saturated rings. The second kappa shape index (κ2) is 5.73. The van der Waals surface area contributed by atoms with Crippen LogP contribution in [-0.4, -0.2) is 19.3 Å². The minimum absolute atomic E-state index is 0.0550. The van der Waals surface area contributed by atoms with Crippen molar-refractivity contribution in [3.05, 3.63) is 83.2 Å². The fourth-order valence-corrected chi connectivity index (χ4v) is 4.49. The first-order valence-electron chi connectivity index (χ1n) is 9.40. The van der Waals surface area contributed by atoms with Crippen molar-refractivity contribution < 1.29 is 23.4 Å². The van der Waals surface area contributed by atoms with Gasteiger partial charge in [0.05, 0.1) is 6.54 Å². The summed E-state index contributed by atoms with van der Waals surface area (Å²) < 4.78 is 30.3. The van der Waals surface area contributed by atoms with Gasteiger partial charge in [-0.05, 0) is 35.4 Å². The number of hydrogen-bond acceptors (Lipinski definition) is 4. The van der Waals surface area contributed by atoms with Gasteiger partial charge in [0, 0.05) is 17.3 Å². The average molecular weight is 389 g/mol. The van der Waals surface area contributed by atoms with Gasteiger partial charge in [-0.25, -0.2) is 4.39 Å². The van der Waals surface area contributed by atoms with Gasteiger partial charge in [0.15, 0.2) is 11.5 Å². The quantitative estimate of drug-likeness (QED) is 0.669. The normalized spacial score (nSPS) is 20.7. The van der Waals surface area contributed by atoms with E-state index in [2.05, 4.69) is 0 Å². The SMILES string of the molecule is O=C1N(Cc2ccc(F)cc2)c2ccccc2C12COc1cc3c(cc12)OCO3. The Morgan fingerprint density at radius 3 is 2.48 bits per heavy atom. The van der Waals surface area contributed by atoms with Crippen LogP contribution in [-0.2, 0) is 16.8 Å². The Morgan fingerprint density at radius 1 is 0.897 bits per heavy atom. The maximum absolute atomic E-state index is 13.8. The van der Waals surface area contributed by atoms with Gasteiger partial charge in [-0.3, -0.25) is 4.79 Å². The molecule has 3 aromatic rings. The lowest BCUT2D eigenvalue weighted by Gasteiger charge is -2.23. The third-order valence-electron chi connectivity index (χ3n) is 5.90. The second-order valence-corrected chi connectivity index (χ2v) is 7.43. The summed E-state index contributed by atoms with van der Waals surface area (Å²) in [5.41, 5.74) is 2.48. The van der Waals surface area contributed by atoms with Crippen LogP contribution in [0.15, 0.2) is 60.7 Å². The Bertz CT molecular complexity index is 1160. The number of ether oxygens (including phenoxy) is 3. The minimum atomic E-state index is -0.924. The van der Waals surface area contributed by atoms with E-state index in [4.69, 9.17) is 14.2 Å². The third-order valence-corrected chi connectivity index (χ3v) is 5.90. The predicted octanol–water partition coefficient (Wildman–Crippen LogP) is 3.78. The summed E-state index contributed by atoms with van der Waals surface area (Å²) in [6.45, 7) is 0.741. The van der Waals surface area contributed by atoms with Gasteiger partial charge in [0.1, 0.15) is 23.6 Å². The zero-order valence-electron chi connectivity index (χ0n) is 15.4. The lowest BCUT2D eigenvalue weighted by atomic mass is 9.77. The average Bonchev–Trinajstić information content (AvgIpc) is 3.41. The molecular weight excluding hydrogens is 373 g/mol. The topological polar surface area (TPSA) is 48.0 Å². The van der Waals surface area contributed by atoms with E-state index < -0.39 is 5.41 Å². The van der Waals surface area contributed by atoms with Crippen LogP contribution in [0, 0.1) is 5.82 Å². The van der Waals surface area contributed by atoms with Crippen LogP contribution in [0.5, 0.6) is 17.2 Å². The Labute approximate surface area is 166 Å². The molecule has 0 aromatic heterocycles. The highest BCUT2D eigenvalue weighted by Gasteiger charge is 2.57. The van der Waals surface area contributed by atoms with E-state index in [-0.39, 0.29) is 25.1 Å². The zero-order chi connectivity index (χ0) is 19.6. The smallest absolute Gasteiger partial charge is 0.246 e. The molecule has 6 heteroatoms. The number of anilines is 1. The van der Waals surface area contributed by atoms with Crippen LogP contribution >= 0.6 is 0 Å². The fourth-order valence-electron chi connectivity index (χ4n) is 4.49. The van der Waals surface area contributed by atoms with Gasteiger partial charge < -0.3 is 19.1 Å². The van der Waals surface area contributed by atoms with Crippen LogP contribution in [0.25, 0.3) is 0 Å². The van der Waals surface area contributed by atoms with E-state index in [1.807, 2.05) is 30.3 Å². The van der Waals surface area contributed by atoms with E-state index in [0.29, 0.717) is 23.8 Å². The molecule has 1 amide bonds. The maximum Gasteiger partial charge on any atom is 0.246 e. The minimum Gasteiger partial charge on any atom is -0.491 e. The number of para-hydroxylation sites is 1. The van der Waals surface area contributed by atoms with Gasteiger partial charge in [0.25, 0.3) is 0 Å². The summed E-state index contributed by atoms with van der Waals surface area (Å²) >= 11 is 0. The third kappa shape index (κ3) is 2.17. The van der Waals surface area contributed by atoms with Crippen LogP contribution in [0.4, 0.5) is 10.1 Å². The Kier molecular flexibility index (Phi) is 3.25. The summed E-state index contributed by atoms with van der Waals surface area (Å²) in [6.07, 6.45) is 0. The lowest BCUT2D eigenvalue weighted by molar-refractivity contribution is -0.122. The van der Waals surface area contributed by atoms with Crippen LogP contribution < -0.4 is 19.1 Å². The standard InChI is InChI=1S/C23H16FNO4/c24-15-7-5-14(6-8-15)11-25-18-4-2-1-3-16(18)23(22(25)26)12-27-19-10-21-20(9-17(19)23)28-13-29-21/h1-10H,11-13H2. The van der Waals surface area contributed by atoms with Crippen LogP contribution in [0.2, 0.25) is 0 Å². The van der Waals surface area contributed by atoms with Crippen molar-refractivity contribution in [1.82, 2.24) is 0 Å². The first kappa shape index (κ1) is 16.4. The van der Waals surface area contributed by atoms with E-state index in [0.717, 1.165) is 22.4 Å². The number of hydrogen-bond donors (Lipinski definition) is 0. The van der Waals surface area contributed by atoms with E-state index in [9.17, 15) is 9.18 Å². The highest BCUT2D eigenvalue weighted by atomic mass is 19.1. The van der Waals surface area contributed by atoms with Crippen molar-refractivity contribution in [3.8, 4) is 17.2 Å². The first-order chi connectivity index (χ1) is 14.2. The van der Waals surface area contributed by atoms with Crippen molar-refractivity contribution in [2.45, 2.75) is 12.0 Å². The van der Waals surface area contributed by atoms with E-state index >= 15 is 0 Å². The number of carbonyl (C=O) groups is 1. The summed E-state index contributed by atoms with van der Waals surface area (Å²) in [7, 11) is 0. The molecule has 3 aromatic carbocycles. The van der Waals surface area contributed by atoms with Crippen molar-refractivity contribution in [3.63, 3.8) is 0 Å². The molecule has 3 aliphatic heterocycles. The Morgan fingerprint density at radius 2 is 1.66 bits per heavy atom. The summed E-state index contributed by atoms with van der Waals surface area (Å²) in [5, 5.41) is 0. The maximum atomic E-state index is 13.8. The molecule has 0 saturated heterocycles. The molecule has 0 bridgehead atoms. The zero-order valence-corrected chi connectivity index (χ0v) is 15.4. The predicted molar refractivity (Wildman–Crippen MR) is 103 cm³/mol. The van der Waals surface area contributed by atoms with Crippen molar-refractivity contribution >= 4 is 11.6 Å². The van der Waals surface area contributed by atoms with E-state index in [1.165, 1.54) is 12.1 Å². The molecule has 6 rings (SSSR count). The molecular formula is C23H16FNO4. The molecule has 5 nitrogen and oxygen atoms in total. The molecule has 0 aliphatic carbocycles. The van der Waals surface area contributed by atoms with Gasteiger partial charge in [-0.1, -0.05) is 30.3 Å². The Balaban J connectivity index is 1.49. The molecule has 1 unspecified atom stereocenters. The summed E-state index contributed by atoms with van der Waals surface area (Å²) in [4.78, 5) is 15.6. The number of rotatable bonds is 2. The molecule has 3 heterocycles. The fraction of sp³-hybridized carbons (Fsp3) is 0.174. The number of carbonyl (C=O) groups excluding carboxylic acids is 1. The number of fused-ring (bicyclic) bond motifs is 5. The molecule has 3 aliphatic rings. The number of benzene rings is 3. The molecule has 0 N–H and O–H groups in total. The molecule has 0 radical (unpaired) electrons. The van der Waals surface area contributed by atoms with Crippen LogP contribution in [0.1, 0.15) is 16.7 Å². The summed E-state index contributed by atoms with van der Waals surface area (Å²) in [5.74, 6) is 1.54. The lowest BCUT2D eigenvalue weighted by Crippen LogP contribution is -2.42. The molecule has 1 atom stereocenters.